The highest BCUT2D eigenvalue weighted by Crippen LogP contribution is 2.48. The third kappa shape index (κ3) is 10.3. The molecule has 3 aliphatic rings. The van der Waals surface area contributed by atoms with Crippen LogP contribution in [0.5, 0.6) is 0 Å². The fourth-order valence-electron chi connectivity index (χ4n) is 10.5. The molecule has 0 radical (unpaired) electrons. The summed E-state index contributed by atoms with van der Waals surface area (Å²) in [6, 6.07) is 14.3. The third-order valence-corrected chi connectivity index (χ3v) is 14.0. The number of carbonyl (C=O) groups excluding carboxylic acids is 4. The largest absolute Gasteiger partial charge is 0.465 e. The van der Waals surface area contributed by atoms with Gasteiger partial charge in [-0.3, -0.25) is 14.6 Å². The number of likely N-dealkylation sites (tertiary alicyclic amines) is 2. The Kier molecular flexibility index (Phi) is 14.8. The number of imidazole rings is 2. The minimum atomic E-state index is -0.987. The van der Waals surface area contributed by atoms with Gasteiger partial charge in [-0.15, -0.1) is 0 Å². The number of rotatable bonds is 15. The lowest BCUT2D eigenvalue weighted by Gasteiger charge is -2.33. The van der Waals surface area contributed by atoms with Gasteiger partial charge in [0.2, 0.25) is 11.8 Å². The predicted octanol–water partition coefficient (Wildman–Crippen LogP) is 8.14. The average Bonchev–Trinajstić information content (AvgIpc) is 4.20. The van der Waals surface area contributed by atoms with Crippen molar-refractivity contribution < 1.29 is 38.6 Å². The lowest BCUT2D eigenvalue weighted by molar-refractivity contribution is -0.136. The Morgan fingerprint density at radius 1 is 0.700 bits per heavy atom. The fraction of sp³-hybridized carbons (Fsp3) is 0.529. The van der Waals surface area contributed by atoms with E-state index in [2.05, 4.69) is 49.8 Å². The number of ether oxygens (including phenoxy) is 2. The SMILES string of the molecule is COC(=O)N[C@H](C(=O)N1CCC[C@H]1c1nc2ccc([C@H]3CC[C@H](c4ccc5nc([C@@H]6CCCN6C(=O)[C@@H](NC(=O)OC)C(C)C)[nH]c5c4)N3c3ccc(CN(CC(C)C)C(=O)O)nc3)cc2[nH]1)C(C)C. The van der Waals surface area contributed by atoms with Crippen molar-refractivity contribution in [1.29, 1.82) is 0 Å². The number of methoxy groups -OCH3 is 2. The zero-order valence-electron chi connectivity index (χ0n) is 41.4. The molecule has 0 spiro atoms. The number of carbonyl (C=O) groups is 5. The summed E-state index contributed by atoms with van der Waals surface area (Å²) in [5.74, 6) is 0.910. The summed E-state index contributed by atoms with van der Waals surface area (Å²) in [5, 5.41) is 15.4. The van der Waals surface area contributed by atoms with Gasteiger partial charge in [0, 0.05) is 19.6 Å². The van der Waals surface area contributed by atoms with Gasteiger partial charge in [0.15, 0.2) is 0 Å². The first kappa shape index (κ1) is 49.5. The van der Waals surface area contributed by atoms with Gasteiger partial charge in [0.05, 0.1) is 84.6 Å². The monoisotopic (exact) mass is 962 g/mol. The number of hydrogen-bond donors (Lipinski definition) is 5. The lowest BCUT2D eigenvalue weighted by Crippen LogP contribution is -2.51. The molecule has 3 fully saturated rings. The summed E-state index contributed by atoms with van der Waals surface area (Å²) >= 11 is 0. The van der Waals surface area contributed by atoms with Crippen LogP contribution >= 0.6 is 0 Å². The van der Waals surface area contributed by atoms with Gasteiger partial charge in [-0.2, -0.15) is 0 Å². The van der Waals surface area contributed by atoms with Crippen LogP contribution in [0.25, 0.3) is 22.1 Å². The van der Waals surface area contributed by atoms with Crippen LogP contribution in [0.4, 0.5) is 20.1 Å². The Morgan fingerprint density at radius 3 is 1.59 bits per heavy atom. The number of aromatic amines is 2. The standard InChI is InChI=1S/C51H67N11O8/c1-28(2)26-59(51(67)68)27-33-15-16-34(25-52-33)62-39(31-13-17-35-37(23-31)55-45(53-35)41-11-9-21-60(41)47(63)43(29(3)4)57-49(65)69-7)19-20-40(62)32-14-18-36-38(24-32)56-46(54-36)42-12-10-22-61(42)48(64)44(30(5)6)58-50(66)70-8/h13-18,23-25,28-30,39-44H,9-12,19-22,26-27H2,1-8H3,(H,53,55)(H,54,56)(H,57,65)(H,58,66)(H,67,68)/t39-,40-,41+,42+,43+,44+/m1/s1. The maximum Gasteiger partial charge on any atom is 0.407 e. The van der Waals surface area contributed by atoms with E-state index in [0.717, 1.165) is 77.4 Å². The Morgan fingerprint density at radius 2 is 1.19 bits per heavy atom. The number of benzene rings is 2. The van der Waals surface area contributed by atoms with Gasteiger partial charge in [-0.25, -0.2) is 24.4 Å². The molecular formula is C51H67N11O8. The minimum absolute atomic E-state index is 0.0791. The summed E-state index contributed by atoms with van der Waals surface area (Å²) in [5.41, 5.74) is 6.94. The van der Waals surface area contributed by atoms with Crippen LogP contribution in [-0.2, 0) is 25.6 Å². The quantitative estimate of drug-likeness (QED) is 0.0670. The van der Waals surface area contributed by atoms with E-state index in [-0.39, 0.29) is 60.3 Å². The molecule has 5 amide bonds. The molecule has 0 saturated carbocycles. The molecule has 0 aliphatic carbocycles. The van der Waals surface area contributed by atoms with Gasteiger partial charge in [-0.1, -0.05) is 53.7 Å². The molecule has 8 rings (SSSR count). The number of hydrogen-bond acceptors (Lipinski definition) is 11. The Bertz CT molecular complexity index is 2550. The molecular weight excluding hydrogens is 895 g/mol. The van der Waals surface area contributed by atoms with E-state index in [9.17, 15) is 29.1 Å². The summed E-state index contributed by atoms with van der Waals surface area (Å²) < 4.78 is 9.65. The molecule has 5 N–H and O–H groups in total. The van der Waals surface area contributed by atoms with Gasteiger partial charge in [0.25, 0.3) is 0 Å². The van der Waals surface area contributed by atoms with Gasteiger partial charge in [-0.05, 0) is 104 Å². The van der Waals surface area contributed by atoms with Crippen LogP contribution in [0, 0.1) is 17.8 Å². The number of anilines is 1. The maximum atomic E-state index is 13.9. The Labute approximate surface area is 408 Å². The summed E-state index contributed by atoms with van der Waals surface area (Å²) in [7, 11) is 2.57. The van der Waals surface area contributed by atoms with Crippen molar-refractivity contribution in [1.82, 2.24) is 50.3 Å². The number of carboxylic acid groups (broad SMARTS) is 1. The molecule has 2 aromatic carbocycles. The predicted molar refractivity (Wildman–Crippen MR) is 263 cm³/mol. The van der Waals surface area contributed by atoms with E-state index in [0.29, 0.717) is 37.0 Å². The highest BCUT2D eigenvalue weighted by atomic mass is 16.5. The Balaban J connectivity index is 1.10. The van der Waals surface area contributed by atoms with Crippen molar-refractivity contribution in [2.45, 2.75) is 123 Å². The number of nitrogens with one attached hydrogen (secondary N) is 4. The minimum Gasteiger partial charge on any atom is -0.465 e. The molecule has 3 aliphatic heterocycles. The molecule has 70 heavy (non-hydrogen) atoms. The van der Waals surface area contributed by atoms with Crippen molar-refractivity contribution in [3.63, 3.8) is 0 Å². The van der Waals surface area contributed by atoms with E-state index in [1.165, 1.54) is 19.1 Å². The second-order valence-electron chi connectivity index (χ2n) is 20.0. The average molecular weight is 962 g/mol. The smallest absolute Gasteiger partial charge is 0.407 e. The molecule has 19 nitrogen and oxygen atoms in total. The number of H-pyrrole nitrogens is 2. The molecule has 19 heteroatoms. The molecule has 5 aromatic rings. The van der Waals surface area contributed by atoms with E-state index < -0.39 is 30.4 Å². The summed E-state index contributed by atoms with van der Waals surface area (Å²) in [4.78, 5) is 93.7. The zero-order chi connectivity index (χ0) is 50.0. The zero-order valence-corrected chi connectivity index (χ0v) is 41.4. The highest BCUT2D eigenvalue weighted by Gasteiger charge is 2.41. The second kappa shape index (κ2) is 21.0. The summed E-state index contributed by atoms with van der Waals surface area (Å²) in [6.07, 6.45) is 4.26. The number of pyridine rings is 1. The molecule has 3 saturated heterocycles. The van der Waals surface area contributed by atoms with Crippen LogP contribution in [-0.4, -0.2) is 121 Å². The van der Waals surface area contributed by atoms with Crippen molar-refractivity contribution in [2.24, 2.45) is 17.8 Å². The van der Waals surface area contributed by atoms with E-state index in [1.807, 2.05) is 81.8 Å². The first-order valence-corrected chi connectivity index (χ1v) is 24.5. The number of fused-ring (bicyclic) bond motifs is 2. The van der Waals surface area contributed by atoms with Crippen molar-refractivity contribution >= 4 is 57.8 Å². The lowest BCUT2D eigenvalue weighted by atomic mass is 10.0. The second-order valence-corrected chi connectivity index (χ2v) is 20.0. The van der Waals surface area contributed by atoms with Crippen LogP contribution in [0.2, 0.25) is 0 Å². The van der Waals surface area contributed by atoms with Crippen molar-refractivity contribution in [2.75, 3.05) is 38.8 Å². The van der Waals surface area contributed by atoms with E-state index >= 15 is 0 Å². The third-order valence-electron chi connectivity index (χ3n) is 14.0. The molecule has 3 aromatic heterocycles. The molecule has 374 valence electrons. The van der Waals surface area contributed by atoms with Crippen LogP contribution in [0.3, 0.4) is 0 Å². The highest BCUT2D eigenvalue weighted by molar-refractivity contribution is 5.87. The fourth-order valence-corrected chi connectivity index (χ4v) is 10.5. The first-order valence-electron chi connectivity index (χ1n) is 24.5. The maximum absolute atomic E-state index is 13.9. The number of aromatic nitrogens is 5. The summed E-state index contributed by atoms with van der Waals surface area (Å²) in [6.45, 7) is 13.2. The molecule has 0 unspecified atom stereocenters. The van der Waals surface area contributed by atoms with Crippen molar-refractivity contribution in [3.8, 4) is 0 Å². The van der Waals surface area contributed by atoms with Crippen molar-refractivity contribution in [3.05, 3.63) is 83.2 Å². The van der Waals surface area contributed by atoms with Gasteiger partial charge < -0.3 is 54.8 Å². The van der Waals surface area contributed by atoms with Gasteiger partial charge in [0.1, 0.15) is 23.7 Å². The van der Waals surface area contributed by atoms with Crippen LogP contribution < -0.4 is 15.5 Å². The number of nitrogens with zero attached hydrogens (tertiary/aromatic N) is 7. The molecule has 0 bridgehead atoms. The van der Waals surface area contributed by atoms with E-state index in [4.69, 9.17) is 24.4 Å². The topological polar surface area (TPSA) is 231 Å². The van der Waals surface area contributed by atoms with E-state index in [1.54, 1.807) is 0 Å². The molecule has 6 heterocycles. The van der Waals surface area contributed by atoms with Gasteiger partial charge >= 0.3 is 18.3 Å². The normalized spacial score (nSPS) is 20.2. The van der Waals surface area contributed by atoms with Crippen LogP contribution in [0.1, 0.15) is 133 Å². The number of alkyl carbamates (subject to hydrolysis) is 2. The Hall–Kier alpha value is -6.92. The first-order chi connectivity index (χ1) is 33.5. The number of amides is 5. The molecule has 6 atom stereocenters. The van der Waals surface area contributed by atoms with Crippen LogP contribution in [0.15, 0.2) is 54.7 Å².